The van der Waals surface area contributed by atoms with Gasteiger partial charge < -0.3 is 4.74 Å². The van der Waals surface area contributed by atoms with Crippen LogP contribution < -0.4 is 4.74 Å². The van der Waals surface area contributed by atoms with Crippen LogP contribution in [0.1, 0.15) is 31.0 Å². The van der Waals surface area contributed by atoms with Crippen molar-refractivity contribution in [1.29, 1.82) is 0 Å². The number of ether oxygens (including phenoxy) is 1. The van der Waals surface area contributed by atoms with E-state index in [1.54, 1.807) is 6.20 Å². The van der Waals surface area contributed by atoms with Gasteiger partial charge in [-0.15, -0.1) is 0 Å². The summed E-state index contributed by atoms with van der Waals surface area (Å²) in [6.45, 7) is 2.59. The predicted octanol–water partition coefficient (Wildman–Crippen LogP) is 2.54. The Hall–Kier alpha value is -1.84. The maximum atomic E-state index is 5.42. The maximum Gasteiger partial charge on any atom is 0.215 e. The third-order valence-electron chi connectivity index (χ3n) is 3.26. The minimum atomic E-state index is 0.631. The second kappa shape index (κ2) is 4.80. The minimum Gasteiger partial charge on any atom is -0.478 e. The number of fused-ring (bicyclic) bond motifs is 1. The molecule has 0 atom stereocenters. The van der Waals surface area contributed by atoms with Crippen molar-refractivity contribution in [2.24, 2.45) is 0 Å². The molecule has 0 saturated carbocycles. The van der Waals surface area contributed by atoms with E-state index in [2.05, 4.69) is 16.3 Å². The van der Waals surface area contributed by atoms with E-state index in [1.165, 1.54) is 24.1 Å². The summed E-state index contributed by atoms with van der Waals surface area (Å²) >= 11 is 0. The molecule has 0 bridgehead atoms. The Bertz CT molecular complexity index is 524. The van der Waals surface area contributed by atoms with Gasteiger partial charge in [0, 0.05) is 18.5 Å². The van der Waals surface area contributed by atoms with E-state index in [4.69, 9.17) is 4.74 Å². The molecule has 3 rings (SSSR count). The summed E-state index contributed by atoms with van der Waals surface area (Å²) in [5, 5.41) is 4.66. The van der Waals surface area contributed by atoms with Gasteiger partial charge in [0.05, 0.1) is 18.0 Å². The predicted molar refractivity (Wildman–Crippen MR) is 69.2 cm³/mol. The zero-order valence-electron chi connectivity index (χ0n) is 10.6. The molecule has 0 radical (unpaired) electrons. The largest absolute Gasteiger partial charge is 0.478 e. The summed E-state index contributed by atoms with van der Waals surface area (Å²) in [4.78, 5) is 4.17. The van der Waals surface area contributed by atoms with Crippen molar-refractivity contribution in [1.82, 2.24) is 14.8 Å². The fourth-order valence-corrected chi connectivity index (χ4v) is 2.37. The fourth-order valence-electron chi connectivity index (χ4n) is 2.37. The average molecular weight is 243 g/mol. The molecule has 4 nitrogen and oxygen atoms in total. The van der Waals surface area contributed by atoms with Crippen molar-refractivity contribution in [2.45, 2.75) is 32.6 Å². The molecule has 18 heavy (non-hydrogen) atoms. The highest BCUT2D eigenvalue weighted by Crippen LogP contribution is 2.22. The second-order valence-electron chi connectivity index (χ2n) is 4.54. The molecule has 0 saturated heterocycles. The van der Waals surface area contributed by atoms with Gasteiger partial charge in [-0.25, -0.2) is 9.67 Å². The van der Waals surface area contributed by atoms with E-state index in [-0.39, 0.29) is 0 Å². The van der Waals surface area contributed by atoms with Crippen LogP contribution in [0.3, 0.4) is 0 Å². The molecule has 0 unspecified atom stereocenters. The van der Waals surface area contributed by atoms with Gasteiger partial charge in [0.25, 0.3) is 0 Å². The number of aryl methyl sites for hydroxylation is 2. The average Bonchev–Trinajstić information content (AvgIpc) is 2.83. The summed E-state index contributed by atoms with van der Waals surface area (Å²) < 4.78 is 7.36. The Kier molecular flexibility index (Phi) is 3.00. The van der Waals surface area contributed by atoms with Crippen LogP contribution in [0.4, 0.5) is 0 Å². The van der Waals surface area contributed by atoms with Gasteiger partial charge >= 0.3 is 0 Å². The Morgan fingerprint density at radius 1 is 1.33 bits per heavy atom. The van der Waals surface area contributed by atoms with E-state index in [0.717, 1.165) is 18.5 Å². The highest BCUT2D eigenvalue weighted by Gasteiger charge is 2.14. The van der Waals surface area contributed by atoms with Gasteiger partial charge in [-0.3, -0.25) is 0 Å². The summed E-state index contributed by atoms with van der Waals surface area (Å²) in [5.41, 5.74) is 3.65. The molecular formula is C14H17N3O. The van der Waals surface area contributed by atoms with Crippen molar-refractivity contribution in [3.8, 4) is 11.6 Å². The number of hydrogen-bond donors (Lipinski definition) is 0. The van der Waals surface area contributed by atoms with Gasteiger partial charge in [-0.05, 0) is 44.2 Å². The Morgan fingerprint density at radius 2 is 2.22 bits per heavy atom. The highest BCUT2D eigenvalue weighted by atomic mass is 16.5. The van der Waals surface area contributed by atoms with Gasteiger partial charge in [0.15, 0.2) is 0 Å². The number of aromatic nitrogens is 3. The topological polar surface area (TPSA) is 39.9 Å². The van der Waals surface area contributed by atoms with Crippen LogP contribution >= 0.6 is 0 Å². The lowest BCUT2D eigenvalue weighted by Crippen LogP contribution is -2.01. The first kappa shape index (κ1) is 11.3. The smallest absolute Gasteiger partial charge is 0.215 e. The summed E-state index contributed by atoms with van der Waals surface area (Å²) in [7, 11) is 0. The van der Waals surface area contributed by atoms with Crippen LogP contribution in [-0.2, 0) is 12.8 Å². The zero-order valence-corrected chi connectivity index (χ0v) is 10.6. The van der Waals surface area contributed by atoms with Crippen molar-refractivity contribution >= 4 is 0 Å². The third-order valence-corrected chi connectivity index (χ3v) is 3.26. The molecule has 2 aromatic heterocycles. The lowest BCUT2D eigenvalue weighted by Gasteiger charge is -2.06. The van der Waals surface area contributed by atoms with Crippen molar-refractivity contribution in [2.75, 3.05) is 6.61 Å². The van der Waals surface area contributed by atoms with Crippen molar-refractivity contribution < 1.29 is 4.74 Å². The molecular weight excluding hydrogens is 226 g/mol. The molecule has 0 aliphatic heterocycles. The van der Waals surface area contributed by atoms with Gasteiger partial charge in [-0.2, -0.15) is 5.10 Å². The number of rotatable bonds is 3. The number of pyridine rings is 1. The summed E-state index contributed by atoms with van der Waals surface area (Å²) in [6.07, 6.45) is 8.69. The molecule has 0 spiro atoms. The lowest BCUT2D eigenvalue weighted by atomic mass is 9.99. The maximum absolute atomic E-state index is 5.42. The number of nitrogens with zero attached hydrogens (tertiary/aromatic N) is 3. The first-order valence-electron chi connectivity index (χ1n) is 6.53. The molecule has 0 aromatic carbocycles. The summed E-state index contributed by atoms with van der Waals surface area (Å²) in [6, 6.07) is 3.89. The van der Waals surface area contributed by atoms with Crippen molar-refractivity contribution in [3.05, 3.63) is 35.8 Å². The van der Waals surface area contributed by atoms with Gasteiger partial charge in [0.2, 0.25) is 5.88 Å². The molecule has 94 valence electrons. The SMILES string of the molecule is CCOc1cc(-n2cc3c(n2)CCCC3)ccn1. The molecule has 2 aromatic rings. The first-order chi connectivity index (χ1) is 8.86. The second-order valence-corrected chi connectivity index (χ2v) is 4.54. The quantitative estimate of drug-likeness (QED) is 0.831. The molecule has 0 N–H and O–H groups in total. The van der Waals surface area contributed by atoms with Crippen LogP contribution in [-0.4, -0.2) is 21.4 Å². The Balaban J connectivity index is 1.94. The van der Waals surface area contributed by atoms with Gasteiger partial charge in [-0.1, -0.05) is 0 Å². The van der Waals surface area contributed by atoms with Crippen LogP contribution in [0.5, 0.6) is 5.88 Å². The number of hydrogen-bond acceptors (Lipinski definition) is 3. The van der Waals surface area contributed by atoms with Crippen LogP contribution in [0, 0.1) is 0 Å². The third kappa shape index (κ3) is 2.10. The normalized spacial score (nSPS) is 14.3. The molecule has 4 heteroatoms. The van der Waals surface area contributed by atoms with Gasteiger partial charge in [0.1, 0.15) is 0 Å². The minimum absolute atomic E-state index is 0.631. The monoisotopic (exact) mass is 243 g/mol. The van der Waals surface area contributed by atoms with E-state index in [0.29, 0.717) is 12.5 Å². The highest BCUT2D eigenvalue weighted by molar-refractivity contribution is 5.36. The Labute approximate surface area is 107 Å². The van der Waals surface area contributed by atoms with Crippen LogP contribution in [0.2, 0.25) is 0 Å². The molecule has 1 aliphatic carbocycles. The lowest BCUT2D eigenvalue weighted by molar-refractivity contribution is 0.326. The van der Waals surface area contributed by atoms with Crippen molar-refractivity contribution in [3.63, 3.8) is 0 Å². The molecule has 0 fully saturated rings. The molecule has 1 aliphatic rings. The van der Waals surface area contributed by atoms with E-state index in [1.807, 2.05) is 23.7 Å². The van der Waals surface area contributed by atoms with E-state index < -0.39 is 0 Å². The molecule has 0 amide bonds. The van der Waals surface area contributed by atoms with Crippen LogP contribution in [0.25, 0.3) is 5.69 Å². The zero-order chi connectivity index (χ0) is 12.4. The standard InChI is InChI=1S/C14H17N3O/c1-2-18-14-9-12(7-8-15-14)17-10-11-5-3-4-6-13(11)16-17/h7-10H,2-6H2,1H3. The first-order valence-corrected chi connectivity index (χ1v) is 6.53. The summed E-state index contributed by atoms with van der Waals surface area (Å²) in [5.74, 6) is 0.656. The van der Waals surface area contributed by atoms with E-state index >= 15 is 0 Å². The Morgan fingerprint density at radius 3 is 3.06 bits per heavy atom. The van der Waals surface area contributed by atoms with Crippen LogP contribution in [0.15, 0.2) is 24.5 Å². The fraction of sp³-hybridized carbons (Fsp3) is 0.429. The molecule has 2 heterocycles. The van der Waals surface area contributed by atoms with E-state index in [9.17, 15) is 0 Å².